The number of methoxy groups -OCH3 is 3. The van der Waals surface area contributed by atoms with Crippen molar-refractivity contribution in [3.05, 3.63) is 36.7 Å². The molecule has 1 aliphatic rings. The van der Waals surface area contributed by atoms with Crippen molar-refractivity contribution < 1.29 is 33.2 Å². The monoisotopic (exact) mass is 380 g/mol. The molecule has 3 heterocycles. The second-order valence-electron chi connectivity index (χ2n) is 6.42. The molecule has 0 amide bonds. The lowest BCUT2D eigenvalue weighted by molar-refractivity contribution is -0.509. The van der Waals surface area contributed by atoms with Crippen molar-refractivity contribution in [2.24, 2.45) is 0 Å². The van der Waals surface area contributed by atoms with Crippen LogP contribution in [0.3, 0.4) is 0 Å². The predicted octanol–water partition coefficient (Wildman–Crippen LogP) is 3.19. The van der Waals surface area contributed by atoms with Gasteiger partial charge in [-0.1, -0.05) is 0 Å². The van der Waals surface area contributed by atoms with Crippen molar-refractivity contribution in [1.29, 1.82) is 0 Å². The SMILES string of the molecule is COc1ccc2cc3c4c5c(c(OC)c(OC)c4cc[n+]3cc2c1O)OCO5. The molecule has 5 rings (SSSR count). The molecule has 28 heavy (non-hydrogen) atoms. The number of phenols is 1. The molecule has 0 atom stereocenters. The minimum Gasteiger partial charge on any atom is -0.504 e. The molecule has 0 saturated carbocycles. The first-order chi connectivity index (χ1) is 13.7. The van der Waals surface area contributed by atoms with E-state index in [4.69, 9.17) is 23.7 Å². The fourth-order valence-corrected chi connectivity index (χ4v) is 3.84. The highest BCUT2D eigenvalue weighted by atomic mass is 16.7. The maximum Gasteiger partial charge on any atom is 0.231 e. The number of fused-ring (bicyclic) bond motifs is 6. The Bertz CT molecular complexity index is 1270. The molecule has 0 spiro atoms. The van der Waals surface area contributed by atoms with Gasteiger partial charge in [0, 0.05) is 17.5 Å². The summed E-state index contributed by atoms with van der Waals surface area (Å²) in [6, 6.07) is 7.57. The van der Waals surface area contributed by atoms with E-state index in [2.05, 4.69) is 0 Å². The van der Waals surface area contributed by atoms with Gasteiger partial charge in [-0.25, -0.2) is 0 Å². The maximum atomic E-state index is 10.5. The largest absolute Gasteiger partial charge is 0.504 e. The van der Waals surface area contributed by atoms with Crippen molar-refractivity contribution >= 4 is 27.1 Å². The van der Waals surface area contributed by atoms with Crippen molar-refractivity contribution in [3.8, 4) is 34.5 Å². The number of benzene rings is 2. The summed E-state index contributed by atoms with van der Waals surface area (Å²) in [4.78, 5) is 0. The van der Waals surface area contributed by atoms with E-state index in [-0.39, 0.29) is 12.5 Å². The van der Waals surface area contributed by atoms with E-state index >= 15 is 0 Å². The third-order valence-electron chi connectivity index (χ3n) is 5.10. The van der Waals surface area contributed by atoms with Crippen LogP contribution in [0, 0.1) is 0 Å². The molecular formula is C21H18NO6+. The highest BCUT2D eigenvalue weighted by Gasteiger charge is 2.31. The summed E-state index contributed by atoms with van der Waals surface area (Å²) in [6.07, 6.45) is 3.76. The van der Waals surface area contributed by atoms with Gasteiger partial charge in [0.1, 0.15) is 5.39 Å². The number of rotatable bonds is 3. The van der Waals surface area contributed by atoms with E-state index in [0.717, 1.165) is 21.7 Å². The van der Waals surface area contributed by atoms with E-state index in [9.17, 15) is 5.11 Å². The molecule has 7 heteroatoms. The zero-order chi connectivity index (χ0) is 19.4. The molecular weight excluding hydrogens is 362 g/mol. The van der Waals surface area contributed by atoms with E-state index in [1.165, 1.54) is 7.11 Å². The zero-order valence-corrected chi connectivity index (χ0v) is 15.6. The van der Waals surface area contributed by atoms with Gasteiger partial charge in [-0.3, -0.25) is 0 Å². The lowest BCUT2D eigenvalue weighted by Gasteiger charge is -2.13. The number of phenolic OH excluding ortho intramolecular Hbond substituents is 1. The summed E-state index contributed by atoms with van der Waals surface area (Å²) >= 11 is 0. The maximum absolute atomic E-state index is 10.5. The Hall–Kier alpha value is -3.61. The molecule has 0 unspecified atom stereocenters. The molecule has 0 saturated heterocycles. The first kappa shape index (κ1) is 16.6. The zero-order valence-electron chi connectivity index (χ0n) is 15.6. The minimum atomic E-state index is 0.103. The van der Waals surface area contributed by atoms with Crippen LogP contribution in [0.15, 0.2) is 36.7 Å². The third-order valence-corrected chi connectivity index (χ3v) is 5.10. The molecule has 2 aromatic carbocycles. The molecule has 0 radical (unpaired) electrons. The normalized spacial score (nSPS) is 12.7. The van der Waals surface area contributed by atoms with Crippen molar-refractivity contribution in [1.82, 2.24) is 0 Å². The molecule has 2 aromatic heterocycles. The summed E-state index contributed by atoms with van der Waals surface area (Å²) in [6.45, 7) is 0.112. The van der Waals surface area contributed by atoms with Crippen LogP contribution >= 0.6 is 0 Å². The number of aromatic hydroxyl groups is 1. The Kier molecular flexibility index (Phi) is 3.52. The molecule has 0 aliphatic carbocycles. The van der Waals surface area contributed by atoms with Crippen LogP contribution in [0.25, 0.3) is 27.1 Å². The number of aromatic nitrogens is 1. The van der Waals surface area contributed by atoms with Gasteiger partial charge in [-0.2, -0.15) is 4.40 Å². The van der Waals surface area contributed by atoms with Gasteiger partial charge in [0.2, 0.25) is 23.8 Å². The first-order valence-corrected chi connectivity index (χ1v) is 8.69. The van der Waals surface area contributed by atoms with Crippen LogP contribution in [-0.4, -0.2) is 33.2 Å². The van der Waals surface area contributed by atoms with E-state index in [0.29, 0.717) is 34.1 Å². The third kappa shape index (κ3) is 2.07. The highest BCUT2D eigenvalue weighted by molar-refractivity contribution is 6.08. The Morgan fingerprint density at radius 3 is 2.46 bits per heavy atom. The molecule has 0 fully saturated rings. The average molecular weight is 380 g/mol. The van der Waals surface area contributed by atoms with Gasteiger partial charge in [0.05, 0.1) is 26.7 Å². The highest BCUT2D eigenvalue weighted by Crippen LogP contribution is 2.53. The van der Waals surface area contributed by atoms with Crippen LogP contribution in [0.5, 0.6) is 34.5 Å². The predicted molar refractivity (Wildman–Crippen MR) is 102 cm³/mol. The Labute approximate surface area is 160 Å². The lowest BCUT2D eigenvalue weighted by atomic mass is 10.0. The Morgan fingerprint density at radius 2 is 1.71 bits per heavy atom. The van der Waals surface area contributed by atoms with Crippen LogP contribution in [0.1, 0.15) is 0 Å². The topological polar surface area (TPSA) is 70.5 Å². The van der Waals surface area contributed by atoms with Gasteiger partial charge < -0.3 is 28.8 Å². The minimum absolute atomic E-state index is 0.103. The molecule has 1 aliphatic heterocycles. The number of pyridine rings is 2. The second-order valence-corrected chi connectivity index (χ2v) is 6.42. The number of hydrogen-bond donors (Lipinski definition) is 1. The summed E-state index contributed by atoms with van der Waals surface area (Å²) < 4.78 is 29.8. The Morgan fingerprint density at radius 1 is 0.929 bits per heavy atom. The smallest absolute Gasteiger partial charge is 0.231 e. The van der Waals surface area contributed by atoms with Crippen molar-refractivity contribution in [2.75, 3.05) is 28.1 Å². The molecule has 4 aromatic rings. The molecule has 7 nitrogen and oxygen atoms in total. The summed E-state index contributed by atoms with van der Waals surface area (Å²) in [5.41, 5.74) is 0.886. The first-order valence-electron chi connectivity index (χ1n) is 8.69. The summed E-state index contributed by atoms with van der Waals surface area (Å²) in [7, 11) is 4.70. The fourth-order valence-electron chi connectivity index (χ4n) is 3.84. The van der Waals surface area contributed by atoms with E-state index in [1.807, 2.05) is 35.0 Å². The average Bonchev–Trinajstić information content (AvgIpc) is 3.21. The van der Waals surface area contributed by atoms with Crippen LogP contribution < -0.4 is 28.1 Å². The van der Waals surface area contributed by atoms with Crippen LogP contribution in [0.4, 0.5) is 0 Å². The standard InChI is InChI=1S/C21H17NO6/c1-24-15-5-4-11-8-14-16-12(6-7-22(14)9-13(11)17(15)23)18(25-2)20(26-3)21-19(16)27-10-28-21/h4-9H,10H2,1-3H3/p+1. The summed E-state index contributed by atoms with van der Waals surface area (Å²) in [5.74, 6) is 2.77. The van der Waals surface area contributed by atoms with Gasteiger partial charge in [0.25, 0.3) is 0 Å². The van der Waals surface area contributed by atoms with E-state index < -0.39 is 0 Å². The van der Waals surface area contributed by atoms with Crippen LogP contribution in [0.2, 0.25) is 0 Å². The molecule has 0 bridgehead atoms. The quantitative estimate of drug-likeness (QED) is 0.334. The van der Waals surface area contributed by atoms with Gasteiger partial charge in [-0.15, -0.1) is 0 Å². The van der Waals surface area contributed by atoms with Gasteiger partial charge in [-0.05, 0) is 17.5 Å². The number of ether oxygens (including phenoxy) is 5. The molecule has 142 valence electrons. The number of hydrogen-bond acceptors (Lipinski definition) is 6. The summed E-state index contributed by atoms with van der Waals surface area (Å²) in [5, 5.41) is 13.8. The lowest BCUT2D eigenvalue weighted by Crippen LogP contribution is -2.20. The van der Waals surface area contributed by atoms with Crippen molar-refractivity contribution in [3.63, 3.8) is 0 Å². The van der Waals surface area contributed by atoms with Gasteiger partial charge in [0.15, 0.2) is 35.4 Å². The fraction of sp³-hybridized carbons (Fsp3) is 0.190. The Balaban J connectivity index is 1.96. The molecule has 1 N–H and O–H groups in total. The van der Waals surface area contributed by atoms with Crippen molar-refractivity contribution in [2.45, 2.75) is 0 Å². The number of nitrogens with zero attached hydrogens (tertiary/aromatic N) is 1. The second kappa shape index (κ2) is 5.95. The van der Waals surface area contributed by atoms with E-state index in [1.54, 1.807) is 20.3 Å². The van der Waals surface area contributed by atoms with Crippen LogP contribution in [-0.2, 0) is 0 Å². The van der Waals surface area contributed by atoms with Gasteiger partial charge >= 0.3 is 0 Å².